The Labute approximate surface area is 94.4 Å². The molecule has 2 heteroatoms. The molecule has 0 unspecified atom stereocenters. The molecule has 1 aliphatic rings. The van der Waals surface area contributed by atoms with E-state index in [1.54, 1.807) is 0 Å². The van der Waals surface area contributed by atoms with Crippen LogP contribution in [0.15, 0.2) is 12.1 Å². The number of hydrogen-bond donors (Lipinski definition) is 1. The molecule has 1 aliphatic carbocycles. The molecule has 15 heavy (non-hydrogen) atoms. The number of aryl methyl sites for hydroxylation is 3. The summed E-state index contributed by atoms with van der Waals surface area (Å²) in [4.78, 5) is 3.55. The monoisotopic (exact) mass is 219 g/mol. The summed E-state index contributed by atoms with van der Waals surface area (Å²) in [6.45, 7) is 2.12. The molecule has 1 aromatic heterocycles. The number of halogens is 1. The molecule has 3 rings (SSSR count). The summed E-state index contributed by atoms with van der Waals surface area (Å²) in [5.41, 5.74) is 5.47. The Balaban J connectivity index is 2.37. The third kappa shape index (κ3) is 1.37. The second-order valence-corrected chi connectivity index (χ2v) is 4.87. The molecule has 0 saturated carbocycles. The molecule has 2 aromatic rings. The van der Waals surface area contributed by atoms with Crippen LogP contribution in [0.3, 0.4) is 0 Å². The van der Waals surface area contributed by atoms with Crippen LogP contribution in [-0.2, 0) is 12.8 Å². The molecule has 1 nitrogen and oxygen atoms in total. The van der Waals surface area contributed by atoms with Gasteiger partial charge in [-0.1, -0.05) is 11.6 Å². The summed E-state index contributed by atoms with van der Waals surface area (Å²) in [5, 5.41) is 2.20. The zero-order valence-electron chi connectivity index (χ0n) is 8.86. The number of aromatic amines is 1. The number of hydrogen-bond acceptors (Lipinski definition) is 0. The predicted molar refractivity (Wildman–Crippen MR) is 64.7 cm³/mol. The minimum Gasteiger partial charge on any atom is -0.358 e. The molecule has 0 fully saturated rings. The SMILES string of the molecule is Cc1cc(Cl)cc2c3c([nH]c12)CCCC3. The fourth-order valence-electron chi connectivity index (χ4n) is 2.64. The van der Waals surface area contributed by atoms with Gasteiger partial charge in [0.1, 0.15) is 0 Å². The summed E-state index contributed by atoms with van der Waals surface area (Å²) < 4.78 is 0. The fraction of sp³-hybridized carbons (Fsp3) is 0.385. The lowest BCUT2D eigenvalue weighted by atomic mass is 9.95. The van der Waals surface area contributed by atoms with E-state index in [4.69, 9.17) is 11.6 Å². The Morgan fingerprint density at radius 2 is 2.00 bits per heavy atom. The van der Waals surface area contributed by atoms with E-state index in [-0.39, 0.29) is 0 Å². The Hall–Kier alpha value is -0.950. The van der Waals surface area contributed by atoms with Gasteiger partial charge in [-0.2, -0.15) is 0 Å². The summed E-state index contributed by atoms with van der Waals surface area (Å²) in [7, 11) is 0. The second-order valence-electron chi connectivity index (χ2n) is 4.43. The largest absolute Gasteiger partial charge is 0.358 e. The lowest BCUT2D eigenvalue weighted by Gasteiger charge is -2.10. The van der Waals surface area contributed by atoms with E-state index in [0.717, 1.165) is 5.02 Å². The molecule has 1 aromatic carbocycles. The van der Waals surface area contributed by atoms with Crippen LogP contribution in [-0.4, -0.2) is 4.98 Å². The zero-order chi connectivity index (χ0) is 10.4. The average molecular weight is 220 g/mol. The molecule has 0 atom stereocenters. The molecule has 0 spiro atoms. The molecular weight excluding hydrogens is 206 g/mol. The smallest absolute Gasteiger partial charge is 0.0489 e. The Kier molecular flexibility index (Phi) is 2.03. The first-order valence-corrected chi connectivity index (χ1v) is 5.93. The molecule has 0 aliphatic heterocycles. The minimum absolute atomic E-state index is 0.854. The van der Waals surface area contributed by atoms with Crippen LogP contribution in [0.4, 0.5) is 0 Å². The topological polar surface area (TPSA) is 15.8 Å². The Morgan fingerprint density at radius 3 is 2.87 bits per heavy atom. The lowest BCUT2D eigenvalue weighted by molar-refractivity contribution is 0.680. The first-order chi connectivity index (χ1) is 7.25. The van der Waals surface area contributed by atoms with Gasteiger partial charge in [-0.3, -0.25) is 0 Å². The number of H-pyrrole nitrogens is 1. The van der Waals surface area contributed by atoms with E-state index in [1.807, 2.05) is 6.07 Å². The van der Waals surface area contributed by atoms with Crippen molar-refractivity contribution in [2.45, 2.75) is 32.6 Å². The van der Waals surface area contributed by atoms with Gasteiger partial charge < -0.3 is 4.98 Å². The van der Waals surface area contributed by atoms with Crippen molar-refractivity contribution in [1.29, 1.82) is 0 Å². The fourth-order valence-corrected chi connectivity index (χ4v) is 2.91. The van der Waals surface area contributed by atoms with Gasteiger partial charge in [0, 0.05) is 21.6 Å². The van der Waals surface area contributed by atoms with Crippen LogP contribution in [0, 0.1) is 6.92 Å². The van der Waals surface area contributed by atoms with Gasteiger partial charge in [0.2, 0.25) is 0 Å². The van der Waals surface area contributed by atoms with Crippen molar-refractivity contribution < 1.29 is 0 Å². The van der Waals surface area contributed by atoms with E-state index in [1.165, 1.54) is 53.4 Å². The van der Waals surface area contributed by atoms with E-state index in [2.05, 4.69) is 18.0 Å². The third-order valence-electron chi connectivity index (χ3n) is 3.37. The van der Waals surface area contributed by atoms with Crippen molar-refractivity contribution >= 4 is 22.5 Å². The van der Waals surface area contributed by atoms with Gasteiger partial charge in [-0.05, 0) is 55.9 Å². The zero-order valence-corrected chi connectivity index (χ0v) is 9.62. The maximum Gasteiger partial charge on any atom is 0.0489 e. The van der Waals surface area contributed by atoms with E-state index < -0.39 is 0 Å². The van der Waals surface area contributed by atoms with Gasteiger partial charge in [-0.15, -0.1) is 0 Å². The normalized spacial score (nSPS) is 15.6. The van der Waals surface area contributed by atoms with Gasteiger partial charge in [0.15, 0.2) is 0 Å². The van der Waals surface area contributed by atoms with Gasteiger partial charge >= 0.3 is 0 Å². The summed E-state index contributed by atoms with van der Waals surface area (Å²) in [6, 6.07) is 4.14. The lowest BCUT2D eigenvalue weighted by Crippen LogP contribution is -1.99. The van der Waals surface area contributed by atoms with Gasteiger partial charge in [-0.25, -0.2) is 0 Å². The number of fused-ring (bicyclic) bond motifs is 3. The molecule has 78 valence electrons. The first kappa shape index (κ1) is 9.29. The highest BCUT2D eigenvalue weighted by molar-refractivity contribution is 6.31. The third-order valence-corrected chi connectivity index (χ3v) is 3.59. The van der Waals surface area contributed by atoms with Crippen molar-refractivity contribution in [3.63, 3.8) is 0 Å². The van der Waals surface area contributed by atoms with Crippen LogP contribution in [0.25, 0.3) is 10.9 Å². The molecule has 1 N–H and O–H groups in total. The van der Waals surface area contributed by atoms with Crippen molar-refractivity contribution in [3.8, 4) is 0 Å². The van der Waals surface area contributed by atoms with E-state index in [9.17, 15) is 0 Å². The molecule has 0 bridgehead atoms. The van der Waals surface area contributed by atoms with Crippen molar-refractivity contribution in [2.24, 2.45) is 0 Å². The second kappa shape index (κ2) is 3.28. The predicted octanol–water partition coefficient (Wildman–Crippen LogP) is 4.01. The molecule has 0 radical (unpaired) electrons. The highest BCUT2D eigenvalue weighted by Gasteiger charge is 2.16. The first-order valence-electron chi connectivity index (χ1n) is 5.55. The van der Waals surface area contributed by atoms with E-state index >= 15 is 0 Å². The van der Waals surface area contributed by atoms with Crippen LogP contribution in [0.2, 0.25) is 5.02 Å². The summed E-state index contributed by atoms with van der Waals surface area (Å²) in [6.07, 6.45) is 5.02. The van der Waals surface area contributed by atoms with Crippen molar-refractivity contribution in [2.75, 3.05) is 0 Å². The highest BCUT2D eigenvalue weighted by atomic mass is 35.5. The highest BCUT2D eigenvalue weighted by Crippen LogP contribution is 2.32. The van der Waals surface area contributed by atoms with Gasteiger partial charge in [0.25, 0.3) is 0 Å². The minimum atomic E-state index is 0.854. The summed E-state index contributed by atoms with van der Waals surface area (Å²) in [5.74, 6) is 0. The Bertz CT molecular complexity index is 525. The van der Waals surface area contributed by atoms with Crippen LogP contribution in [0.1, 0.15) is 29.7 Å². The van der Waals surface area contributed by atoms with Crippen molar-refractivity contribution in [1.82, 2.24) is 4.98 Å². The van der Waals surface area contributed by atoms with Crippen molar-refractivity contribution in [3.05, 3.63) is 34.0 Å². The Morgan fingerprint density at radius 1 is 1.20 bits per heavy atom. The molecule has 0 saturated heterocycles. The van der Waals surface area contributed by atoms with E-state index in [0.29, 0.717) is 0 Å². The quantitative estimate of drug-likeness (QED) is 0.689. The maximum atomic E-state index is 6.11. The standard InChI is InChI=1S/C13H14ClN/c1-8-6-9(14)7-11-10-4-2-3-5-12(10)15-13(8)11/h6-7,15H,2-5H2,1H3. The van der Waals surface area contributed by atoms with Gasteiger partial charge in [0.05, 0.1) is 0 Å². The molecular formula is C13H14ClN. The average Bonchev–Trinajstić information content (AvgIpc) is 2.57. The number of rotatable bonds is 0. The van der Waals surface area contributed by atoms with Crippen LogP contribution >= 0.6 is 11.6 Å². The van der Waals surface area contributed by atoms with Crippen LogP contribution < -0.4 is 0 Å². The number of aromatic nitrogens is 1. The maximum absolute atomic E-state index is 6.11. The molecule has 0 amide bonds. The van der Waals surface area contributed by atoms with Crippen LogP contribution in [0.5, 0.6) is 0 Å². The molecule has 1 heterocycles. The number of nitrogens with one attached hydrogen (secondary N) is 1. The summed E-state index contributed by atoms with van der Waals surface area (Å²) >= 11 is 6.11. The number of benzene rings is 1.